The van der Waals surface area contributed by atoms with Crippen LogP contribution in [0.3, 0.4) is 0 Å². The third-order valence-electron chi connectivity index (χ3n) is 5.06. The van der Waals surface area contributed by atoms with Gasteiger partial charge >= 0.3 is 0 Å². The lowest BCUT2D eigenvalue weighted by Crippen LogP contribution is -2.37. The number of hydroxylamine groups is 1. The molecule has 2 saturated heterocycles. The lowest BCUT2D eigenvalue weighted by atomic mass is 9.94. The van der Waals surface area contributed by atoms with E-state index in [2.05, 4.69) is 35.1 Å². The molecule has 0 radical (unpaired) electrons. The van der Waals surface area contributed by atoms with Gasteiger partial charge in [0.25, 0.3) is 0 Å². The first-order chi connectivity index (χ1) is 13.3. The molecule has 2 aromatic rings. The fraction of sp³-hybridized carbons (Fsp3) is 0.550. The van der Waals surface area contributed by atoms with Gasteiger partial charge in [-0.2, -0.15) is 0 Å². The van der Waals surface area contributed by atoms with Crippen molar-refractivity contribution in [2.45, 2.75) is 56.0 Å². The Morgan fingerprint density at radius 1 is 1.22 bits per heavy atom. The molecule has 4 nitrogen and oxygen atoms in total. The van der Waals surface area contributed by atoms with Gasteiger partial charge in [0.1, 0.15) is 0 Å². The van der Waals surface area contributed by atoms with E-state index in [-0.39, 0.29) is 16.9 Å². The number of hydrogen-bond acceptors (Lipinski definition) is 6. The van der Waals surface area contributed by atoms with Crippen LogP contribution < -0.4 is 5.48 Å². The topological polar surface area (TPSA) is 47.6 Å². The van der Waals surface area contributed by atoms with Gasteiger partial charge < -0.3 is 4.74 Å². The summed E-state index contributed by atoms with van der Waals surface area (Å²) in [5.41, 5.74) is 2.66. The van der Waals surface area contributed by atoms with E-state index in [1.807, 2.05) is 23.1 Å². The van der Waals surface area contributed by atoms with E-state index in [9.17, 15) is 4.79 Å². The Morgan fingerprint density at radius 2 is 2.19 bits per heavy atom. The summed E-state index contributed by atoms with van der Waals surface area (Å²) < 4.78 is 5.39. The third kappa shape index (κ3) is 4.77. The van der Waals surface area contributed by atoms with Gasteiger partial charge in [-0.1, -0.05) is 12.5 Å². The van der Waals surface area contributed by atoms with E-state index in [0.717, 1.165) is 31.4 Å². The Kier molecular flexibility index (Phi) is 6.55. The van der Waals surface area contributed by atoms with Crippen LogP contribution in [0.2, 0.25) is 0 Å². The Morgan fingerprint density at radius 3 is 2.93 bits per heavy atom. The summed E-state index contributed by atoms with van der Waals surface area (Å²) >= 11 is 5.52. The summed E-state index contributed by atoms with van der Waals surface area (Å²) in [4.78, 5) is 22.1. The van der Waals surface area contributed by atoms with Gasteiger partial charge in [0.2, 0.25) is 5.91 Å². The van der Waals surface area contributed by atoms with Crippen molar-refractivity contribution in [2.75, 3.05) is 12.4 Å². The number of ether oxygens (including phenoxy) is 1. The van der Waals surface area contributed by atoms with Crippen LogP contribution in [0.25, 0.3) is 9.75 Å². The van der Waals surface area contributed by atoms with Crippen molar-refractivity contribution >= 4 is 40.3 Å². The molecule has 1 N–H and O–H groups in total. The summed E-state index contributed by atoms with van der Waals surface area (Å²) in [5.74, 6) is 1.05. The predicted molar refractivity (Wildman–Crippen MR) is 113 cm³/mol. The van der Waals surface area contributed by atoms with Gasteiger partial charge in [-0.25, -0.2) is 10.3 Å². The third-order valence-corrected chi connectivity index (χ3v) is 9.16. The van der Waals surface area contributed by atoms with Crippen molar-refractivity contribution in [1.82, 2.24) is 5.48 Å². The highest BCUT2D eigenvalue weighted by atomic mass is 32.2. The standard InChI is InChI=1S/C20H25NO3S3/c22-18(21-24-19-7-1-3-11-23-19)14-20(10-2-4-13-26-20)17-9-8-16(27-17)15-6-5-12-25-15/h5-6,8-9,12,19H,1-4,7,10-11,13-14H2,(H,21,22)/t19?,20-/m0/s1. The van der Waals surface area contributed by atoms with Gasteiger partial charge in [-0.15, -0.1) is 34.4 Å². The number of thiophene rings is 2. The zero-order valence-corrected chi connectivity index (χ0v) is 17.7. The van der Waals surface area contributed by atoms with Gasteiger partial charge in [-0.3, -0.25) is 4.79 Å². The Balaban J connectivity index is 1.44. The molecule has 2 aromatic heterocycles. The first kappa shape index (κ1) is 19.5. The second-order valence-corrected chi connectivity index (χ2v) is 10.6. The highest BCUT2D eigenvalue weighted by molar-refractivity contribution is 8.00. The fourth-order valence-corrected chi connectivity index (χ4v) is 7.36. The Bertz CT molecular complexity index is 732. The van der Waals surface area contributed by atoms with Crippen LogP contribution in [-0.4, -0.2) is 24.6 Å². The average molecular weight is 424 g/mol. The average Bonchev–Trinajstić information content (AvgIpc) is 3.40. The molecular weight excluding hydrogens is 398 g/mol. The molecule has 2 aliphatic heterocycles. The summed E-state index contributed by atoms with van der Waals surface area (Å²) in [7, 11) is 0. The first-order valence-corrected chi connectivity index (χ1v) is 12.3. The first-order valence-electron chi connectivity index (χ1n) is 9.59. The van der Waals surface area contributed by atoms with Gasteiger partial charge in [0.15, 0.2) is 6.29 Å². The molecule has 4 heterocycles. The molecule has 146 valence electrons. The zero-order valence-electron chi connectivity index (χ0n) is 15.3. The SMILES string of the molecule is O=C(C[C@]1(c2ccc(-c3cccs3)s2)CCCCS1)NOC1CCCCO1. The zero-order chi connectivity index (χ0) is 18.5. The van der Waals surface area contributed by atoms with E-state index in [4.69, 9.17) is 9.57 Å². The number of carbonyl (C=O) groups excluding carboxylic acids is 1. The van der Waals surface area contributed by atoms with Crippen LogP contribution in [0.5, 0.6) is 0 Å². The fourth-order valence-electron chi connectivity index (χ4n) is 3.64. The molecule has 2 aliphatic rings. The van der Waals surface area contributed by atoms with Crippen molar-refractivity contribution in [1.29, 1.82) is 0 Å². The van der Waals surface area contributed by atoms with Crippen molar-refractivity contribution < 1.29 is 14.4 Å². The van der Waals surface area contributed by atoms with Crippen LogP contribution >= 0.6 is 34.4 Å². The molecule has 2 fully saturated rings. The van der Waals surface area contributed by atoms with Crippen LogP contribution in [-0.2, 0) is 19.1 Å². The van der Waals surface area contributed by atoms with E-state index in [1.54, 1.807) is 11.3 Å². The van der Waals surface area contributed by atoms with E-state index in [1.165, 1.54) is 27.5 Å². The maximum atomic E-state index is 12.7. The number of thioether (sulfide) groups is 1. The molecule has 7 heteroatoms. The second-order valence-electron chi connectivity index (χ2n) is 7.06. The van der Waals surface area contributed by atoms with Crippen LogP contribution in [0.15, 0.2) is 29.6 Å². The monoisotopic (exact) mass is 423 g/mol. The number of hydrogen-bond donors (Lipinski definition) is 1. The molecule has 0 aromatic carbocycles. The van der Waals surface area contributed by atoms with Crippen molar-refractivity contribution in [2.24, 2.45) is 0 Å². The lowest BCUT2D eigenvalue weighted by Gasteiger charge is -2.35. The minimum Gasteiger partial charge on any atom is -0.350 e. The highest BCUT2D eigenvalue weighted by Gasteiger charge is 2.38. The normalized spacial score (nSPS) is 26.0. The molecule has 27 heavy (non-hydrogen) atoms. The van der Waals surface area contributed by atoms with Crippen LogP contribution in [0, 0.1) is 0 Å². The van der Waals surface area contributed by atoms with E-state index in [0.29, 0.717) is 13.0 Å². The number of carbonyl (C=O) groups is 1. The van der Waals surface area contributed by atoms with E-state index >= 15 is 0 Å². The Labute approximate surface area is 172 Å². The minimum atomic E-state index is -0.301. The number of amides is 1. The molecule has 0 bridgehead atoms. The maximum absolute atomic E-state index is 12.7. The van der Waals surface area contributed by atoms with Crippen molar-refractivity contribution in [3.63, 3.8) is 0 Å². The molecule has 4 rings (SSSR count). The molecule has 1 amide bonds. The number of nitrogens with one attached hydrogen (secondary N) is 1. The van der Waals surface area contributed by atoms with Gasteiger partial charge in [0, 0.05) is 34.1 Å². The molecule has 2 atom stereocenters. The number of rotatable bonds is 6. The molecule has 1 unspecified atom stereocenters. The lowest BCUT2D eigenvalue weighted by molar-refractivity contribution is -0.200. The van der Waals surface area contributed by atoms with Crippen LogP contribution in [0.1, 0.15) is 49.8 Å². The quantitative estimate of drug-likeness (QED) is 0.619. The van der Waals surface area contributed by atoms with Crippen molar-refractivity contribution in [3.05, 3.63) is 34.5 Å². The van der Waals surface area contributed by atoms with E-state index < -0.39 is 0 Å². The summed E-state index contributed by atoms with van der Waals surface area (Å²) in [6.45, 7) is 0.709. The van der Waals surface area contributed by atoms with Crippen molar-refractivity contribution in [3.8, 4) is 9.75 Å². The summed E-state index contributed by atoms with van der Waals surface area (Å²) in [6, 6.07) is 8.66. The smallest absolute Gasteiger partial charge is 0.245 e. The Hall–Kier alpha value is -0.860. The van der Waals surface area contributed by atoms with Gasteiger partial charge in [0.05, 0.1) is 4.75 Å². The largest absolute Gasteiger partial charge is 0.350 e. The molecular formula is C20H25NO3S3. The molecule has 0 saturated carbocycles. The minimum absolute atomic E-state index is 0.0513. The molecule has 0 aliphatic carbocycles. The van der Waals surface area contributed by atoms with Gasteiger partial charge in [-0.05, 0) is 55.0 Å². The maximum Gasteiger partial charge on any atom is 0.245 e. The highest BCUT2D eigenvalue weighted by Crippen LogP contribution is 2.51. The van der Waals surface area contributed by atoms with Crippen LogP contribution in [0.4, 0.5) is 0 Å². The second kappa shape index (κ2) is 9.09. The summed E-state index contributed by atoms with van der Waals surface area (Å²) in [6.07, 6.45) is 6.58. The molecule has 0 spiro atoms. The summed E-state index contributed by atoms with van der Waals surface area (Å²) in [5, 5.41) is 2.11. The predicted octanol–water partition coefficient (Wildman–Crippen LogP) is 5.55.